The van der Waals surface area contributed by atoms with Crippen molar-refractivity contribution < 1.29 is 19.1 Å². The summed E-state index contributed by atoms with van der Waals surface area (Å²) in [5, 5.41) is 9.80. The number of unbranched alkanes of at least 4 members (excludes halogenated alkanes) is 1. The summed E-state index contributed by atoms with van der Waals surface area (Å²) in [4.78, 5) is 11.1. The van der Waals surface area contributed by atoms with E-state index in [1.54, 1.807) is 24.9 Å². The Bertz CT molecular complexity index is 400. The molecule has 1 aromatic heterocycles. The lowest BCUT2D eigenvalue weighted by atomic mass is 10.2. The highest BCUT2D eigenvalue weighted by Crippen LogP contribution is 2.15. The minimum Gasteiger partial charge on any atom is -0.468 e. The first-order chi connectivity index (χ1) is 9.59. The zero-order valence-electron chi connectivity index (χ0n) is 11.8. The van der Waals surface area contributed by atoms with Crippen LogP contribution in [0.5, 0.6) is 0 Å². The van der Waals surface area contributed by atoms with E-state index in [1.807, 2.05) is 12.1 Å². The smallest absolute Gasteiger partial charge is 0.333 e. The van der Waals surface area contributed by atoms with Gasteiger partial charge in [0.2, 0.25) is 0 Å². The number of aliphatic hydroxyl groups excluding tert-OH is 1. The summed E-state index contributed by atoms with van der Waals surface area (Å²) >= 11 is 1.65. The molecule has 0 aliphatic rings. The monoisotopic (exact) mass is 298 g/mol. The number of carbonyl (C=O) groups excluding carboxylic acids is 1. The second-order valence-electron chi connectivity index (χ2n) is 4.66. The quantitative estimate of drug-likeness (QED) is 0.408. The molecule has 0 aromatic carbocycles. The molecule has 4 nitrogen and oxygen atoms in total. The number of carbonyl (C=O) groups is 1. The summed E-state index contributed by atoms with van der Waals surface area (Å²) in [6, 6.07) is 3.79. The summed E-state index contributed by atoms with van der Waals surface area (Å²) < 4.78 is 10.2. The van der Waals surface area contributed by atoms with E-state index in [-0.39, 0.29) is 12.1 Å². The van der Waals surface area contributed by atoms with Crippen molar-refractivity contribution >= 4 is 17.7 Å². The van der Waals surface area contributed by atoms with Gasteiger partial charge < -0.3 is 14.3 Å². The van der Waals surface area contributed by atoms with Crippen LogP contribution in [-0.4, -0.2) is 29.5 Å². The van der Waals surface area contributed by atoms with Crippen LogP contribution in [0.25, 0.3) is 0 Å². The van der Waals surface area contributed by atoms with Crippen LogP contribution in [0.15, 0.2) is 35.0 Å². The normalized spacial score (nSPS) is 12.1. The van der Waals surface area contributed by atoms with Gasteiger partial charge in [-0.05, 0) is 38.3 Å². The average molecular weight is 298 g/mol. The molecule has 1 N–H and O–H groups in total. The molecule has 1 aromatic rings. The highest BCUT2D eigenvalue weighted by molar-refractivity contribution is 7.98. The first-order valence-corrected chi connectivity index (χ1v) is 7.86. The molecule has 0 aliphatic carbocycles. The van der Waals surface area contributed by atoms with Gasteiger partial charge in [-0.15, -0.1) is 0 Å². The van der Waals surface area contributed by atoms with Crippen molar-refractivity contribution in [2.45, 2.75) is 38.0 Å². The molecule has 0 spiro atoms. The van der Waals surface area contributed by atoms with Crippen molar-refractivity contribution in [3.8, 4) is 0 Å². The minimum absolute atomic E-state index is 0.327. The van der Waals surface area contributed by atoms with Gasteiger partial charge in [0.1, 0.15) is 5.76 Å². The van der Waals surface area contributed by atoms with Crippen molar-refractivity contribution in [1.82, 2.24) is 0 Å². The third-order valence-corrected chi connectivity index (χ3v) is 3.76. The van der Waals surface area contributed by atoms with Crippen LogP contribution < -0.4 is 0 Å². The van der Waals surface area contributed by atoms with Crippen molar-refractivity contribution in [3.63, 3.8) is 0 Å². The van der Waals surface area contributed by atoms with Crippen LogP contribution in [0.2, 0.25) is 0 Å². The summed E-state index contributed by atoms with van der Waals surface area (Å²) in [5.74, 6) is 2.04. The Morgan fingerprint density at radius 2 is 2.35 bits per heavy atom. The number of ether oxygens (including phenoxy) is 1. The summed E-state index contributed by atoms with van der Waals surface area (Å²) in [6.45, 7) is 5.53. The maximum absolute atomic E-state index is 11.1. The van der Waals surface area contributed by atoms with Crippen LogP contribution in [0.3, 0.4) is 0 Å². The number of furan rings is 1. The second kappa shape index (κ2) is 9.66. The maximum Gasteiger partial charge on any atom is 0.333 e. The van der Waals surface area contributed by atoms with Crippen LogP contribution >= 0.6 is 11.8 Å². The third kappa shape index (κ3) is 7.40. The molecule has 0 radical (unpaired) electrons. The van der Waals surface area contributed by atoms with E-state index in [4.69, 9.17) is 9.15 Å². The van der Waals surface area contributed by atoms with E-state index < -0.39 is 0 Å². The summed E-state index contributed by atoms with van der Waals surface area (Å²) in [5.41, 5.74) is 0.416. The number of thioether (sulfide) groups is 1. The van der Waals surface area contributed by atoms with Gasteiger partial charge in [-0.3, -0.25) is 0 Å². The summed E-state index contributed by atoms with van der Waals surface area (Å²) in [7, 11) is 0. The highest BCUT2D eigenvalue weighted by Gasteiger charge is 2.06. The Hall–Kier alpha value is -1.20. The molecule has 1 unspecified atom stereocenters. The largest absolute Gasteiger partial charge is 0.468 e. The number of hydrogen-bond acceptors (Lipinski definition) is 5. The molecule has 0 fully saturated rings. The van der Waals surface area contributed by atoms with Gasteiger partial charge in [0.05, 0.1) is 24.7 Å². The van der Waals surface area contributed by atoms with E-state index in [9.17, 15) is 9.90 Å². The SMILES string of the molecule is C=C(C)C(=O)OCCCCC(O)CSCc1ccco1. The molecule has 0 aliphatic heterocycles. The predicted octanol–water partition coefficient (Wildman–Crippen LogP) is 3.16. The van der Waals surface area contributed by atoms with Crippen molar-refractivity contribution in [2.24, 2.45) is 0 Å². The molecule has 0 bridgehead atoms. The minimum atomic E-state index is -0.348. The van der Waals surface area contributed by atoms with E-state index in [1.165, 1.54) is 0 Å². The van der Waals surface area contributed by atoms with E-state index in [0.717, 1.165) is 30.8 Å². The third-order valence-electron chi connectivity index (χ3n) is 2.65. The van der Waals surface area contributed by atoms with Gasteiger partial charge in [0.25, 0.3) is 0 Å². The molecular formula is C15H22O4S. The lowest BCUT2D eigenvalue weighted by molar-refractivity contribution is -0.139. The van der Waals surface area contributed by atoms with Crippen LogP contribution in [0.1, 0.15) is 31.9 Å². The zero-order valence-corrected chi connectivity index (χ0v) is 12.7. The van der Waals surface area contributed by atoms with Gasteiger partial charge >= 0.3 is 5.97 Å². The molecule has 5 heteroatoms. The van der Waals surface area contributed by atoms with Crippen LogP contribution in [-0.2, 0) is 15.3 Å². The first kappa shape index (κ1) is 16.9. The van der Waals surface area contributed by atoms with Gasteiger partial charge in [-0.2, -0.15) is 11.8 Å². The molecule has 1 rings (SSSR count). The Morgan fingerprint density at radius 3 is 3.00 bits per heavy atom. The van der Waals surface area contributed by atoms with Gasteiger partial charge in [-0.25, -0.2) is 4.79 Å². The fraction of sp³-hybridized carbons (Fsp3) is 0.533. The highest BCUT2D eigenvalue weighted by atomic mass is 32.2. The lowest BCUT2D eigenvalue weighted by Crippen LogP contribution is -2.11. The molecule has 0 saturated carbocycles. The van der Waals surface area contributed by atoms with Crippen molar-refractivity contribution in [2.75, 3.05) is 12.4 Å². The van der Waals surface area contributed by atoms with E-state index >= 15 is 0 Å². The lowest BCUT2D eigenvalue weighted by Gasteiger charge is -2.09. The number of aliphatic hydroxyl groups is 1. The molecule has 1 heterocycles. The Morgan fingerprint density at radius 1 is 1.55 bits per heavy atom. The van der Waals surface area contributed by atoms with Crippen LogP contribution in [0.4, 0.5) is 0 Å². The van der Waals surface area contributed by atoms with Gasteiger partial charge in [0, 0.05) is 11.3 Å². The maximum atomic E-state index is 11.1. The number of esters is 1. The molecule has 20 heavy (non-hydrogen) atoms. The molecule has 1 atom stereocenters. The Balaban J connectivity index is 1.96. The fourth-order valence-electron chi connectivity index (χ4n) is 1.54. The van der Waals surface area contributed by atoms with Gasteiger partial charge in [-0.1, -0.05) is 6.58 Å². The predicted molar refractivity (Wildman–Crippen MR) is 80.5 cm³/mol. The molecule has 112 valence electrons. The van der Waals surface area contributed by atoms with Crippen molar-refractivity contribution in [1.29, 1.82) is 0 Å². The zero-order chi connectivity index (χ0) is 14.8. The first-order valence-electron chi connectivity index (χ1n) is 6.70. The standard InChI is InChI=1S/C15H22O4S/c1-12(2)15(17)19-8-4-3-6-13(16)10-20-11-14-7-5-9-18-14/h5,7,9,13,16H,1,3-4,6,8,10-11H2,2H3. The molecular weight excluding hydrogens is 276 g/mol. The number of rotatable bonds is 10. The van der Waals surface area contributed by atoms with E-state index in [0.29, 0.717) is 17.9 Å². The van der Waals surface area contributed by atoms with Crippen LogP contribution in [0, 0.1) is 0 Å². The molecule has 0 saturated heterocycles. The second-order valence-corrected chi connectivity index (χ2v) is 5.69. The Labute approximate surface area is 124 Å². The van der Waals surface area contributed by atoms with Gasteiger partial charge in [0.15, 0.2) is 0 Å². The van der Waals surface area contributed by atoms with Crippen molar-refractivity contribution in [3.05, 3.63) is 36.3 Å². The fourth-order valence-corrected chi connectivity index (χ4v) is 2.47. The Kier molecular flexibility index (Phi) is 8.14. The summed E-state index contributed by atoms with van der Waals surface area (Å²) in [6.07, 6.45) is 3.64. The number of hydrogen-bond donors (Lipinski definition) is 1. The average Bonchev–Trinajstić information content (AvgIpc) is 2.91. The molecule has 0 amide bonds. The van der Waals surface area contributed by atoms with E-state index in [2.05, 4.69) is 6.58 Å². The topological polar surface area (TPSA) is 59.7 Å².